The Hall–Kier alpha value is -1.11. The minimum absolute atomic E-state index is 0.421. The highest BCUT2D eigenvalue weighted by molar-refractivity contribution is 7.10. The first-order chi connectivity index (χ1) is 11.7. The van der Waals surface area contributed by atoms with E-state index < -0.39 is 0 Å². The molecule has 1 aliphatic rings. The van der Waals surface area contributed by atoms with E-state index in [1.807, 2.05) is 11.3 Å². The van der Waals surface area contributed by atoms with Gasteiger partial charge in [0.15, 0.2) is 5.96 Å². The quantitative estimate of drug-likeness (QED) is 0.407. The van der Waals surface area contributed by atoms with Crippen molar-refractivity contribution >= 4 is 17.3 Å². The van der Waals surface area contributed by atoms with Crippen molar-refractivity contribution in [1.29, 1.82) is 0 Å². The Labute approximate surface area is 151 Å². The average molecular weight is 352 g/mol. The molecule has 0 aromatic carbocycles. The maximum atomic E-state index is 4.88. The lowest BCUT2D eigenvalue weighted by Crippen LogP contribution is -2.39. The molecule has 0 aliphatic carbocycles. The Morgan fingerprint density at radius 1 is 1.33 bits per heavy atom. The lowest BCUT2D eigenvalue weighted by Gasteiger charge is -2.25. The molecule has 1 aromatic rings. The van der Waals surface area contributed by atoms with Crippen LogP contribution in [0.25, 0.3) is 0 Å². The third-order valence-electron chi connectivity index (χ3n) is 4.29. The zero-order chi connectivity index (χ0) is 17.2. The number of nitrogens with zero attached hydrogens (tertiary/aromatic N) is 3. The highest BCUT2D eigenvalue weighted by Gasteiger charge is 2.24. The molecule has 24 heavy (non-hydrogen) atoms. The van der Waals surface area contributed by atoms with Gasteiger partial charge in [0.1, 0.15) is 0 Å². The Morgan fingerprint density at radius 3 is 2.75 bits per heavy atom. The lowest BCUT2D eigenvalue weighted by atomic mass is 10.2. The van der Waals surface area contributed by atoms with Crippen LogP contribution in [0.1, 0.15) is 37.1 Å². The normalized spacial score (nSPS) is 17.4. The smallest absolute Gasteiger partial charge is 0.191 e. The predicted octanol–water partition coefficient (Wildman–Crippen LogP) is 2.39. The van der Waals surface area contributed by atoms with Crippen molar-refractivity contribution in [2.45, 2.75) is 32.2 Å². The topological polar surface area (TPSA) is 42.9 Å². The van der Waals surface area contributed by atoms with E-state index in [0.717, 1.165) is 38.6 Å². The van der Waals surface area contributed by atoms with Crippen molar-refractivity contribution in [1.82, 2.24) is 20.4 Å². The van der Waals surface area contributed by atoms with Crippen molar-refractivity contribution in [3.05, 3.63) is 22.4 Å². The molecular formula is C18H33N5S. The largest absolute Gasteiger partial charge is 0.357 e. The summed E-state index contributed by atoms with van der Waals surface area (Å²) >= 11 is 1.85. The number of thiophene rings is 1. The number of rotatable bonds is 9. The lowest BCUT2D eigenvalue weighted by molar-refractivity contribution is 0.255. The van der Waals surface area contributed by atoms with Crippen LogP contribution in [0.4, 0.5) is 0 Å². The van der Waals surface area contributed by atoms with Gasteiger partial charge in [-0.25, -0.2) is 0 Å². The van der Waals surface area contributed by atoms with Crippen molar-refractivity contribution < 1.29 is 0 Å². The molecule has 1 atom stereocenters. The van der Waals surface area contributed by atoms with Crippen LogP contribution in [-0.4, -0.2) is 69.1 Å². The second-order valence-electron chi connectivity index (χ2n) is 6.58. The van der Waals surface area contributed by atoms with Crippen LogP contribution in [0.15, 0.2) is 22.5 Å². The van der Waals surface area contributed by atoms with Crippen LogP contribution in [-0.2, 0) is 0 Å². The monoisotopic (exact) mass is 351 g/mol. The third kappa shape index (κ3) is 6.42. The molecule has 2 N–H and O–H groups in total. The molecule has 1 aliphatic heterocycles. The van der Waals surface area contributed by atoms with Gasteiger partial charge in [0, 0.05) is 18.0 Å². The van der Waals surface area contributed by atoms with Crippen LogP contribution in [0.3, 0.4) is 0 Å². The van der Waals surface area contributed by atoms with Gasteiger partial charge in [-0.15, -0.1) is 11.3 Å². The van der Waals surface area contributed by atoms with E-state index in [0.29, 0.717) is 6.04 Å². The number of hydrogen-bond acceptors (Lipinski definition) is 4. The number of guanidine groups is 1. The fraction of sp³-hybridized carbons (Fsp3) is 0.722. The van der Waals surface area contributed by atoms with Gasteiger partial charge < -0.3 is 15.5 Å². The Balaban J connectivity index is 1.92. The Bertz CT molecular complexity index is 466. The van der Waals surface area contributed by atoms with Gasteiger partial charge in [-0.3, -0.25) is 9.89 Å². The molecule has 136 valence electrons. The standard InChI is InChI=1S/C18H33N5S/c1-4-19-18(20-10-8-11-22(2)3)21-15-16(17-9-7-14-24-17)23-12-5-6-13-23/h7,9,14,16H,4-6,8,10-13,15H2,1-3H3,(H2,19,20,21). The molecule has 2 rings (SSSR count). The van der Waals surface area contributed by atoms with Crippen molar-refractivity contribution in [3.63, 3.8) is 0 Å². The number of aliphatic imine (C=N–C) groups is 1. The summed E-state index contributed by atoms with van der Waals surface area (Å²) in [6.45, 7) is 8.29. The zero-order valence-electron chi connectivity index (χ0n) is 15.4. The highest BCUT2D eigenvalue weighted by atomic mass is 32.1. The molecule has 0 spiro atoms. The summed E-state index contributed by atoms with van der Waals surface area (Å²) in [5, 5.41) is 9.01. The number of nitrogens with one attached hydrogen (secondary N) is 2. The van der Waals surface area contributed by atoms with Crippen LogP contribution < -0.4 is 10.6 Å². The van der Waals surface area contributed by atoms with E-state index in [1.54, 1.807) is 0 Å². The molecule has 6 heteroatoms. The van der Waals surface area contributed by atoms with E-state index >= 15 is 0 Å². The Morgan fingerprint density at radius 2 is 2.12 bits per heavy atom. The van der Waals surface area contributed by atoms with Crippen molar-refractivity contribution in [2.24, 2.45) is 4.99 Å². The van der Waals surface area contributed by atoms with Gasteiger partial charge in [0.25, 0.3) is 0 Å². The highest BCUT2D eigenvalue weighted by Crippen LogP contribution is 2.28. The second kappa shape index (κ2) is 10.7. The van der Waals surface area contributed by atoms with Crippen LogP contribution in [0.5, 0.6) is 0 Å². The molecular weight excluding hydrogens is 318 g/mol. The molecule has 5 nitrogen and oxygen atoms in total. The maximum absolute atomic E-state index is 4.88. The maximum Gasteiger partial charge on any atom is 0.191 e. The van der Waals surface area contributed by atoms with Crippen LogP contribution in [0.2, 0.25) is 0 Å². The summed E-state index contributed by atoms with van der Waals surface area (Å²) in [4.78, 5) is 11.1. The third-order valence-corrected chi connectivity index (χ3v) is 5.27. The average Bonchev–Trinajstić information content (AvgIpc) is 3.25. The van der Waals surface area contributed by atoms with Gasteiger partial charge in [-0.2, -0.15) is 0 Å². The fourth-order valence-electron chi connectivity index (χ4n) is 3.04. The summed E-state index contributed by atoms with van der Waals surface area (Å²) in [6, 6.07) is 4.82. The van der Waals surface area contributed by atoms with E-state index in [1.165, 1.54) is 30.8 Å². The van der Waals surface area contributed by atoms with E-state index in [-0.39, 0.29) is 0 Å². The number of hydrogen-bond donors (Lipinski definition) is 2. The molecule has 0 amide bonds. The zero-order valence-corrected chi connectivity index (χ0v) is 16.2. The fourth-order valence-corrected chi connectivity index (χ4v) is 3.89. The molecule has 0 bridgehead atoms. The summed E-state index contributed by atoms with van der Waals surface area (Å²) < 4.78 is 0. The van der Waals surface area contributed by atoms with Gasteiger partial charge in [0.2, 0.25) is 0 Å². The second-order valence-corrected chi connectivity index (χ2v) is 7.56. The minimum Gasteiger partial charge on any atom is -0.357 e. The SMILES string of the molecule is CCNC(=NCC(c1cccs1)N1CCCC1)NCCCN(C)C. The molecule has 1 fully saturated rings. The first-order valence-electron chi connectivity index (χ1n) is 9.15. The van der Waals surface area contributed by atoms with Crippen LogP contribution >= 0.6 is 11.3 Å². The molecule has 1 saturated heterocycles. The van der Waals surface area contributed by atoms with Gasteiger partial charge in [-0.1, -0.05) is 6.07 Å². The molecule has 1 unspecified atom stereocenters. The summed E-state index contributed by atoms with van der Waals surface area (Å²) in [7, 11) is 4.22. The summed E-state index contributed by atoms with van der Waals surface area (Å²) in [5.41, 5.74) is 0. The van der Waals surface area contributed by atoms with Gasteiger partial charge in [0.05, 0.1) is 12.6 Å². The van der Waals surface area contributed by atoms with E-state index in [2.05, 4.69) is 59.0 Å². The van der Waals surface area contributed by atoms with E-state index in [4.69, 9.17) is 4.99 Å². The number of likely N-dealkylation sites (tertiary alicyclic amines) is 1. The van der Waals surface area contributed by atoms with Gasteiger partial charge >= 0.3 is 0 Å². The molecule has 2 heterocycles. The van der Waals surface area contributed by atoms with E-state index in [9.17, 15) is 0 Å². The summed E-state index contributed by atoms with van der Waals surface area (Å²) in [5.74, 6) is 0.942. The first-order valence-corrected chi connectivity index (χ1v) is 10.0. The predicted molar refractivity (Wildman–Crippen MR) is 105 cm³/mol. The van der Waals surface area contributed by atoms with Crippen molar-refractivity contribution in [3.8, 4) is 0 Å². The Kier molecular flexibility index (Phi) is 8.56. The van der Waals surface area contributed by atoms with Crippen molar-refractivity contribution in [2.75, 3.05) is 53.4 Å². The molecule has 0 saturated carbocycles. The molecule has 1 aromatic heterocycles. The summed E-state index contributed by atoms with van der Waals surface area (Å²) in [6.07, 6.45) is 3.75. The van der Waals surface area contributed by atoms with Gasteiger partial charge in [-0.05, 0) is 71.4 Å². The minimum atomic E-state index is 0.421. The van der Waals surface area contributed by atoms with Crippen LogP contribution in [0, 0.1) is 0 Å². The molecule has 0 radical (unpaired) electrons. The first kappa shape index (κ1) is 19.2.